The van der Waals surface area contributed by atoms with Gasteiger partial charge in [0.15, 0.2) is 5.75 Å². The summed E-state index contributed by atoms with van der Waals surface area (Å²) in [7, 11) is -9.47. The molecule has 4 rings (SSSR count). The monoisotopic (exact) mass is 569 g/mol. The Balaban J connectivity index is 1.93. The highest BCUT2D eigenvalue weighted by atomic mass is 32.2. The molecule has 14 heteroatoms. The first kappa shape index (κ1) is 27.8. The largest absolute Gasteiger partial charge is 0.505 e. The van der Waals surface area contributed by atoms with Gasteiger partial charge in [0.25, 0.3) is 20.2 Å². The van der Waals surface area contributed by atoms with Crippen LogP contribution in [0.3, 0.4) is 0 Å². The number of nitrogen functional groups attached to an aromatic ring is 1. The maximum Gasteiger partial charge on any atom is 0.296 e. The fourth-order valence-corrected chi connectivity index (χ4v) is 4.95. The maximum absolute atomic E-state index is 12.2. The van der Waals surface area contributed by atoms with E-state index in [9.17, 15) is 31.0 Å². The summed E-state index contributed by atoms with van der Waals surface area (Å²) in [5.41, 5.74) is 8.39. The summed E-state index contributed by atoms with van der Waals surface area (Å²) < 4.78 is 66.6. The Labute approximate surface area is 224 Å². The van der Waals surface area contributed by atoms with Crippen LogP contribution >= 0.6 is 0 Å². The molecular formula is C25H23N5O7S2. The van der Waals surface area contributed by atoms with Gasteiger partial charge in [-0.2, -0.15) is 27.1 Å². The molecule has 0 amide bonds. The van der Waals surface area contributed by atoms with Crippen LogP contribution in [0.25, 0.3) is 10.8 Å². The molecule has 0 atom stereocenters. The Kier molecular flexibility index (Phi) is 7.23. The third-order valence-corrected chi connectivity index (χ3v) is 7.57. The number of aromatic hydroxyl groups is 1. The molecular weight excluding hydrogens is 546 g/mol. The maximum atomic E-state index is 12.2. The van der Waals surface area contributed by atoms with Gasteiger partial charge in [-0.15, -0.1) is 10.2 Å². The minimum absolute atomic E-state index is 0.0109. The molecule has 0 aliphatic heterocycles. The zero-order valence-corrected chi connectivity index (χ0v) is 22.5. The van der Waals surface area contributed by atoms with Crippen LogP contribution in [0.5, 0.6) is 5.75 Å². The van der Waals surface area contributed by atoms with Gasteiger partial charge in [-0.05, 0) is 73.7 Å². The number of fused-ring (bicyclic) bond motifs is 1. The predicted octanol–water partition coefficient (Wildman–Crippen LogP) is 6.38. The molecule has 0 aliphatic carbocycles. The molecule has 0 aliphatic rings. The van der Waals surface area contributed by atoms with Gasteiger partial charge in [-0.3, -0.25) is 9.11 Å². The summed E-state index contributed by atoms with van der Waals surface area (Å²) in [6.07, 6.45) is 0. The first-order valence-electron chi connectivity index (χ1n) is 11.2. The zero-order chi connectivity index (χ0) is 28.7. The Morgan fingerprint density at radius 2 is 1.36 bits per heavy atom. The highest BCUT2D eigenvalue weighted by Gasteiger charge is 2.25. The highest BCUT2D eigenvalue weighted by Crippen LogP contribution is 2.47. The average Bonchev–Trinajstić information content (AvgIpc) is 2.83. The van der Waals surface area contributed by atoms with E-state index in [0.717, 1.165) is 23.8 Å². The van der Waals surface area contributed by atoms with Crippen molar-refractivity contribution in [1.82, 2.24) is 0 Å². The van der Waals surface area contributed by atoms with Gasteiger partial charge in [0.2, 0.25) is 0 Å². The van der Waals surface area contributed by atoms with Crippen molar-refractivity contribution in [2.45, 2.75) is 30.6 Å². The van der Waals surface area contributed by atoms with Gasteiger partial charge in [0.1, 0.15) is 16.3 Å². The van der Waals surface area contributed by atoms with Crippen LogP contribution < -0.4 is 5.73 Å². The van der Waals surface area contributed by atoms with Crippen molar-refractivity contribution in [3.8, 4) is 5.75 Å². The second kappa shape index (κ2) is 10.1. The highest BCUT2D eigenvalue weighted by molar-refractivity contribution is 7.86. The smallest absolute Gasteiger partial charge is 0.296 e. The number of aryl methyl sites for hydroxylation is 3. The van der Waals surface area contributed by atoms with Crippen LogP contribution in [-0.4, -0.2) is 31.0 Å². The number of azo groups is 2. The Bertz CT molecular complexity index is 1900. The van der Waals surface area contributed by atoms with Gasteiger partial charge < -0.3 is 10.8 Å². The van der Waals surface area contributed by atoms with E-state index in [-0.39, 0.29) is 27.8 Å². The molecule has 0 saturated heterocycles. The number of hydrogen-bond acceptors (Lipinski definition) is 10. The van der Waals surface area contributed by atoms with Crippen molar-refractivity contribution in [1.29, 1.82) is 0 Å². The molecule has 12 nitrogen and oxygen atoms in total. The fraction of sp³-hybridized carbons (Fsp3) is 0.120. The van der Waals surface area contributed by atoms with Gasteiger partial charge in [-0.1, -0.05) is 23.8 Å². The topological polar surface area (TPSA) is 204 Å². The van der Waals surface area contributed by atoms with Crippen LogP contribution in [0, 0.1) is 20.8 Å². The lowest BCUT2D eigenvalue weighted by Gasteiger charge is -2.13. The standard InChI is InChI=1S/C25H23N5O7S2/c1-13-4-7-17(8-5-13)27-29-23-15(3)10-16-11-20(39(35,36)37)24(25(31)21(16)22(23)26)30-28-19-12-18(38(32,33)34)9-6-14(19)2/h4-12,31H,26H2,1-3H3,(H,32,33,34)(H,35,36,37). The van der Waals surface area contributed by atoms with Crippen LogP contribution in [0.1, 0.15) is 16.7 Å². The molecule has 39 heavy (non-hydrogen) atoms. The Morgan fingerprint density at radius 3 is 1.97 bits per heavy atom. The molecule has 202 valence electrons. The second-order valence-corrected chi connectivity index (χ2v) is 11.6. The number of benzene rings is 4. The van der Waals surface area contributed by atoms with Crippen molar-refractivity contribution in [3.05, 3.63) is 71.3 Å². The Hall–Kier alpha value is -4.24. The number of nitrogens with zero attached hydrogens (tertiary/aromatic N) is 4. The second-order valence-electron chi connectivity index (χ2n) is 8.76. The number of phenols is 1. The molecule has 0 saturated carbocycles. The number of phenolic OH excluding ortho intramolecular Hbond substituents is 1. The number of rotatable bonds is 6. The third kappa shape index (κ3) is 5.78. The fourth-order valence-electron chi connectivity index (χ4n) is 3.79. The van der Waals surface area contributed by atoms with Gasteiger partial charge in [0, 0.05) is 0 Å². The lowest BCUT2D eigenvalue weighted by Crippen LogP contribution is -2.00. The molecule has 4 aromatic carbocycles. The van der Waals surface area contributed by atoms with Gasteiger partial charge >= 0.3 is 0 Å². The van der Waals surface area contributed by atoms with Crippen LogP contribution in [0.2, 0.25) is 0 Å². The quantitative estimate of drug-likeness (QED) is 0.116. The predicted molar refractivity (Wildman–Crippen MR) is 145 cm³/mol. The van der Waals surface area contributed by atoms with E-state index in [1.165, 1.54) is 12.1 Å². The Morgan fingerprint density at radius 1 is 0.718 bits per heavy atom. The van der Waals surface area contributed by atoms with Crippen LogP contribution in [0.15, 0.2) is 84.8 Å². The molecule has 0 heterocycles. The minimum Gasteiger partial charge on any atom is -0.505 e. The summed E-state index contributed by atoms with van der Waals surface area (Å²) >= 11 is 0. The van der Waals surface area contributed by atoms with Gasteiger partial charge in [-0.25, -0.2) is 0 Å². The summed E-state index contributed by atoms with van der Waals surface area (Å²) in [5.74, 6) is -0.711. The molecule has 0 spiro atoms. The summed E-state index contributed by atoms with van der Waals surface area (Å²) in [6.45, 7) is 5.16. The van der Waals surface area contributed by atoms with Crippen molar-refractivity contribution >= 4 is 59.4 Å². The average molecular weight is 570 g/mol. The van der Waals surface area contributed by atoms with E-state index in [4.69, 9.17) is 5.73 Å². The molecule has 5 N–H and O–H groups in total. The zero-order valence-electron chi connectivity index (χ0n) is 20.9. The number of anilines is 1. The third-order valence-electron chi connectivity index (χ3n) is 5.85. The number of nitrogens with two attached hydrogens (primary N) is 1. The summed E-state index contributed by atoms with van der Waals surface area (Å²) in [6, 6.07) is 13.4. The van der Waals surface area contributed by atoms with Gasteiger partial charge in [0.05, 0.1) is 27.3 Å². The van der Waals surface area contributed by atoms with E-state index < -0.39 is 41.5 Å². The molecule has 0 aromatic heterocycles. The summed E-state index contributed by atoms with van der Waals surface area (Å²) in [4.78, 5) is -1.23. The van der Waals surface area contributed by atoms with E-state index in [2.05, 4.69) is 20.5 Å². The van der Waals surface area contributed by atoms with E-state index in [1.807, 2.05) is 19.1 Å². The first-order chi connectivity index (χ1) is 18.2. The lowest BCUT2D eigenvalue weighted by atomic mass is 10.0. The molecule has 4 aromatic rings. The molecule has 0 fully saturated rings. The van der Waals surface area contributed by atoms with Crippen molar-refractivity contribution in [3.63, 3.8) is 0 Å². The lowest BCUT2D eigenvalue weighted by molar-refractivity contribution is 0.472. The van der Waals surface area contributed by atoms with Crippen molar-refractivity contribution in [2.24, 2.45) is 20.5 Å². The number of hydrogen-bond donors (Lipinski definition) is 4. The van der Waals surface area contributed by atoms with Crippen molar-refractivity contribution in [2.75, 3.05) is 5.73 Å². The molecule has 0 bridgehead atoms. The van der Waals surface area contributed by atoms with E-state index in [0.29, 0.717) is 16.8 Å². The first-order valence-corrected chi connectivity index (χ1v) is 14.1. The summed E-state index contributed by atoms with van der Waals surface area (Å²) in [5, 5.41) is 27.4. The van der Waals surface area contributed by atoms with Crippen LogP contribution in [0.4, 0.5) is 28.4 Å². The van der Waals surface area contributed by atoms with E-state index in [1.54, 1.807) is 26.0 Å². The molecule has 0 unspecified atom stereocenters. The molecule has 0 radical (unpaired) electrons. The normalized spacial score (nSPS) is 12.6. The van der Waals surface area contributed by atoms with Crippen molar-refractivity contribution < 1.29 is 31.0 Å². The minimum atomic E-state index is -4.91. The van der Waals surface area contributed by atoms with E-state index >= 15 is 0 Å². The van der Waals surface area contributed by atoms with Crippen LogP contribution in [-0.2, 0) is 20.2 Å². The SMILES string of the molecule is Cc1ccc(N=Nc2c(C)cc3cc(S(=O)(=O)O)c(N=Nc4cc(S(=O)(=O)O)ccc4C)c(O)c3c2N)cc1.